The van der Waals surface area contributed by atoms with Gasteiger partial charge in [0, 0.05) is 49.9 Å². The van der Waals surface area contributed by atoms with Crippen LogP contribution in [-0.2, 0) is 0 Å². The molecule has 0 spiro atoms. The minimum Gasteiger partial charge on any atom is -0.385 e. The Kier molecular flexibility index (Phi) is 3.41. The molecule has 1 saturated heterocycles. The first-order chi connectivity index (χ1) is 9.90. The summed E-state index contributed by atoms with van der Waals surface area (Å²) < 4.78 is 0. The average Bonchev–Trinajstić information content (AvgIpc) is 3.24. The van der Waals surface area contributed by atoms with E-state index in [2.05, 4.69) is 39.8 Å². The Morgan fingerprint density at radius 2 is 2.05 bits per heavy atom. The molecule has 0 aromatic heterocycles. The van der Waals surface area contributed by atoms with Gasteiger partial charge in [0.25, 0.3) is 0 Å². The second-order valence-electron chi connectivity index (χ2n) is 6.62. The zero-order chi connectivity index (χ0) is 13.4. The molecule has 1 aromatic rings. The van der Waals surface area contributed by atoms with Gasteiger partial charge in [0.05, 0.1) is 0 Å². The van der Waals surface area contributed by atoms with Crippen LogP contribution in [0.1, 0.15) is 37.2 Å². The molecule has 0 bridgehead atoms. The van der Waals surface area contributed by atoms with Crippen molar-refractivity contribution in [3.05, 3.63) is 29.8 Å². The number of hydrogen-bond donors (Lipinski definition) is 2. The van der Waals surface area contributed by atoms with Crippen molar-refractivity contribution < 1.29 is 0 Å². The summed E-state index contributed by atoms with van der Waals surface area (Å²) in [5.41, 5.74) is 2.85. The molecule has 4 rings (SSSR count). The normalized spacial score (nSPS) is 30.0. The molecule has 20 heavy (non-hydrogen) atoms. The third kappa shape index (κ3) is 2.57. The predicted octanol–water partition coefficient (Wildman–Crippen LogP) is 2.41. The number of rotatable bonds is 4. The standard InChI is InChI=1S/C17H25N3/c1-2-4-17-16(3-1)13(7-9-18-17)11-19-14-8-10-20(12-14)15-5-6-15/h1-4,13-15,18-19H,5-12H2. The molecule has 1 saturated carbocycles. The minimum atomic E-state index is 0.683. The lowest BCUT2D eigenvalue weighted by atomic mass is 9.91. The van der Waals surface area contributed by atoms with Gasteiger partial charge >= 0.3 is 0 Å². The van der Waals surface area contributed by atoms with Crippen LogP contribution in [0.25, 0.3) is 0 Å². The van der Waals surface area contributed by atoms with Crippen LogP contribution in [0.3, 0.4) is 0 Å². The maximum Gasteiger partial charge on any atom is 0.0376 e. The fourth-order valence-electron chi connectivity index (χ4n) is 3.80. The highest BCUT2D eigenvalue weighted by Crippen LogP contribution is 2.32. The maximum atomic E-state index is 3.84. The Morgan fingerprint density at radius 3 is 2.95 bits per heavy atom. The number of para-hydroxylation sites is 1. The number of likely N-dealkylation sites (tertiary alicyclic amines) is 1. The fourth-order valence-corrected chi connectivity index (χ4v) is 3.80. The topological polar surface area (TPSA) is 27.3 Å². The predicted molar refractivity (Wildman–Crippen MR) is 83.3 cm³/mol. The molecule has 2 aliphatic heterocycles. The molecule has 2 fully saturated rings. The van der Waals surface area contributed by atoms with Crippen LogP contribution in [-0.4, -0.2) is 43.2 Å². The van der Waals surface area contributed by atoms with Gasteiger partial charge in [0.15, 0.2) is 0 Å². The Labute approximate surface area is 121 Å². The summed E-state index contributed by atoms with van der Waals surface area (Å²) in [5.74, 6) is 0.683. The van der Waals surface area contributed by atoms with Crippen molar-refractivity contribution in [1.82, 2.24) is 10.2 Å². The quantitative estimate of drug-likeness (QED) is 0.880. The molecular formula is C17H25N3. The molecule has 1 aromatic carbocycles. The van der Waals surface area contributed by atoms with E-state index in [-0.39, 0.29) is 0 Å². The summed E-state index contributed by atoms with van der Waals surface area (Å²) in [5, 5.41) is 7.35. The number of nitrogens with zero attached hydrogens (tertiary/aromatic N) is 1. The molecule has 0 radical (unpaired) electrons. The molecule has 108 valence electrons. The second kappa shape index (κ2) is 5.38. The summed E-state index contributed by atoms with van der Waals surface area (Å²) >= 11 is 0. The number of fused-ring (bicyclic) bond motifs is 1. The molecule has 3 aliphatic rings. The SMILES string of the molecule is c1ccc2c(c1)NCCC2CNC1CCN(C2CC2)C1. The largest absolute Gasteiger partial charge is 0.385 e. The van der Waals surface area contributed by atoms with E-state index in [0.29, 0.717) is 5.92 Å². The second-order valence-corrected chi connectivity index (χ2v) is 6.62. The molecule has 3 nitrogen and oxygen atoms in total. The van der Waals surface area contributed by atoms with Gasteiger partial charge in [-0.15, -0.1) is 0 Å². The third-order valence-electron chi connectivity index (χ3n) is 5.14. The zero-order valence-electron chi connectivity index (χ0n) is 12.1. The van der Waals surface area contributed by atoms with E-state index in [9.17, 15) is 0 Å². The lowest BCUT2D eigenvalue weighted by molar-refractivity contribution is 0.316. The van der Waals surface area contributed by atoms with Crippen LogP contribution in [0, 0.1) is 0 Å². The van der Waals surface area contributed by atoms with Crippen molar-refractivity contribution >= 4 is 5.69 Å². The Balaban J connectivity index is 1.34. The first-order valence-corrected chi connectivity index (χ1v) is 8.20. The van der Waals surface area contributed by atoms with Crippen molar-refractivity contribution in [3.63, 3.8) is 0 Å². The zero-order valence-corrected chi connectivity index (χ0v) is 12.1. The van der Waals surface area contributed by atoms with Crippen LogP contribution in [0.5, 0.6) is 0 Å². The number of hydrogen-bond acceptors (Lipinski definition) is 3. The summed E-state index contributed by atoms with van der Waals surface area (Å²) in [7, 11) is 0. The molecule has 2 heterocycles. The van der Waals surface area contributed by atoms with Gasteiger partial charge in [-0.1, -0.05) is 18.2 Å². The highest BCUT2D eigenvalue weighted by Gasteiger charge is 2.34. The summed E-state index contributed by atoms with van der Waals surface area (Å²) in [6, 6.07) is 10.5. The Hall–Kier alpha value is -1.06. The van der Waals surface area contributed by atoms with Gasteiger partial charge in [0.2, 0.25) is 0 Å². The lowest BCUT2D eigenvalue weighted by Crippen LogP contribution is -2.37. The van der Waals surface area contributed by atoms with Gasteiger partial charge in [-0.25, -0.2) is 0 Å². The van der Waals surface area contributed by atoms with E-state index in [1.54, 1.807) is 0 Å². The Morgan fingerprint density at radius 1 is 1.15 bits per heavy atom. The number of nitrogens with one attached hydrogen (secondary N) is 2. The van der Waals surface area contributed by atoms with Crippen LogP contribution in [0.15, 0.2) is 24.3 Å². The molecule has 2 N–H and O–H groups in total. The van der Waals surface area contributed by atoms with Crippen molar-refractivity contribution in [3.8, 4) is 0 Å². The van der Waals surface area contributed by atoms with E-state index in [1.165, 1.54) is 50.0 Å². The summed E-state index contributed by atoms with van der Waals surface area (Å²) in [6.45, 7) is 4.84. The third-order valence-corrected chi connectivity index (χ3v) is 5.14. The minimum absolute atomic E-state index is 0.683. The van der Waals surface area contributed by atoms with Gasteiger partial charge < -0.3 is 10.6 Å². The summed E-state index contributed by atoms with van der Waals surface area (Å²) in [6.07, 6.45) is 5.47. The van der Waals surface area contributed by atoms with E-state index >= 15 is 0 Å². The van der Waals surface area contributed by atoms with E-state index in [4.69, 9.17) is 0 Å². The van der Waals surface area contributed by atoms with Gasteiger partial charge in [-0.05, 0) is 37.3 Å². The highest BCUT2D eigenvalue weighted by atomic mass is 15.2. The molecule has 2 unspecified atom stereocenters. The smallest absolute Gasteiger partial charge is 0.0376 e. The number of anilines is 1. The maximum absolute atomic E-state index is 3.84. The van der Waals surface area contributed by atoms with Crippen molar-refractivity contribution in [1.29, 1.82) is 0 Å². The van der Waals surface area contributed by atoms with Crippen LogP contribution >= 0.6 is 0 Å². The first-order valence-electron chi connectivity index (χ1n) is 8.20. The molecular weight excluding hydrogens is 246 g/mol. The van der Waals surface area contributed by atoms with Crippen LogP contribution in [0.4, 0.5) is 5.69 Å². The van der Waals surface area contributed by atoms with Crippen molar-refractivity contribution in [2.24, 2.45) is 0 Å². The van der Waals surface area contributed by atoms with Gasteiger partial charge in [0.1, 0.15) is 0 Å². The van der Waals surface area contributed by atoms with Crippen molar-refractivity contribution in [2.45, 2.75) is 43.7 Å². The average molecular weight is 271 g/mol. The summed E-state index contributed by atoms with van der Waals surface area (Å²) in [4.78, 5) is 2.69. The monoisotopic (exact) mass is 271 g/mol. The molecule has 3 heteroatoms. The highest BCUT2D eigenvalue weighted by molar-refractivity contribution is 5.54. The number of benzene rings is 1. The van der Waals surface area contributed by atoms with E-state index in [0.717, 1.165) is 25.2 Å². The van der Waals surface area contributed by atoms with Crippen LogP contribution < -0.4 is 10.6 Å². The van der Waals surface area contributed by atoms with Gasteiger partial charge in [-0.2, -0.15) is 0 Å². The fraction of sp³-hybridized carbons (Fsp3) is 0.647. The van der Waals surface area contributed by atoms with E-state index in [1.807, 2.05) is 0 Å². The first kappa shape index (κ1) is 12.7. The molecule has 0 amide bonds. The molecule has 1 aliphatic carbocycles. The van der Waals surface area contributed by atoms with E-state index < -0.39 is 0 Å². The Bertz CT molecular complexity index is 469. The van der Waals surface area contributed by atoms with Crippen LogP contribution in [0.2, 0.25) is 0 Å². The van der Waals surface area contributed by atoms with Gasteiger partial charge in [-0.3, -0.25) is 4.90 Å². The molecule has 2 atom stereocenters. The van der Waals surface area contributed by atoms with Crippen molar-refractivity contribution in [2.75, 3.05) is 31.5 Å². The lowest BCUT2D eigenvalue weighted by Gasteiger charge is -2.28.